The number of rotatable bonds is 1. The zero-order chi connectivity index (χ0) is 8.39. The van der Waals surface area contributed by atoms with Crippen LogP contribution in [0.4, 0.5) is 5.95 Å². The summed E-state index contributed by atoms with van der Waals surface area (Å²) in [5.74, 6) is 0.530. The first-order chi connectivity index (χ1) is 5.88. The maximum absolute atomic E-state index is 5.64. The Kier molecular flexibility index (Phi) is 1.95. The molecule has 0 unspecified atom stereocenters. The average molecular weight is 167 g/mol. The predicted octanol–water partition coefficient (Wildman–Crippen LogP) is -0.215. The standard InChI is InChI=1S/C7H13N5/c8-7-11-10-5-12(7)6-1-3-9-4-2-6/h5-6,9H,1-4H2,(H2,8,11). The average Bonchev–Trinajstić information content (AvgIpc) is 2.53. The molecule has 12 heavy (non-hydrogen) atoms. The first-order valence-corrected chi connectivity index (χ1v) is 4.23. The fraction of sp³-hybridized carbons (Fsp3) is 0.714. The van der Waals surface area contributed by atoms with Gasteiger partial charge in [-0.05, 0) is 25.9 Å². The van der Waals surface area contributed by atoms with Crippen molar-refractivity contribution < 1.29 is 0 Å². The number of hydrogen-bond donors (Lipinski definition) is 2. The minimum absolute atomic E-state index is 0.487. The van der Waals surface area contributed by atoms with E-state index in [9.17, 15) is 0 Å². The first kappa shape index (κ1) is 7.54. The maximum Gasteiger partial charge on any atom is 0.222 e. The third-order valence-corrected chi connectivity index (χ3v) is 2.30. The van der Waals surface area contributed by atoms with E-state index in [1.165, 1.54) is 0 Å². The molecule has 2 rings (SSSR count). The Bertz CT molecular complexity index is 250. The van der Waals surface area contributed by atoms with E-state index in [4.69, 9.17) is 5.73 Å². The molecule has 1 aromatic heterocycles. The number of anilines is 1. The van der Waals surface area contributed by atoms with E-state index in [0.717, 1.165) is 25.9 Å². The highest BCUT2D eigenvalue weighted by Crippen LogP contribution is 2.19. The van der Waals surface area contributed by atoms with Crippen molar-refractivity contribution in [2.24, 2.45) is 0 Å². The quantitative estimate of drug-likeness (QED) is 0.607. The van der Waals surface area contributed by atoms with Gasteiger partial charge in [0.2, 0.25) is 5.95 Å². The van der Waals surface area contributed by atoms with Gasteiger partial charge >= 0.3 is 0 Å². The van der Waals surface area contributed by atoms with Gasteiger partial charge in [-0.15, -0.1) is 10.2 Å². The number of nitrogens with zero attached hydrogens (tertiary/aromatic N) is 3. The molecule has 2 heterocycles. The summed E-state index contributed by atoms with van der Waals surface area (Å²) in [6.07, 6.45) is 3.94. The van der Waals surface area contributed by atoms with Crippen LogP contribution >= 0.6 is 0 Å². The fourth-order valence-corrected chi connectivity index (χ4v) is 1.62. The van der Waals surface area contributed by atoms with Crippen LogP contribution in [-0.4, -0.2) is 27.9 Å². The second-order valence-corrected chi connectivity index (χ2v) is 3.08. The Morgan fingerprint density at radius 3 is 2.83 bits per heavy atom. The Balaban J connectivity index is 2.13. The molecule has 66 valence electrons. The van der Waals surface area contributed by atoms with Crippen LogP contribution in [0.25, 0.3) is 0 Å². The van der Waals surface area contributed by atoms with Gasteiger partial charge in [0.05, 0.1) is 0 Å². The molecule has 5 nitrogen and oxygen atoms in total. The van der Waals surface area contributed by atoms with Gasteiger partial charge in [0.25, 0.3) is 0 Å². The van der Waals surface area contributed by atoms with E-state index >= 15 is 0 Å². The van der Waals surface area contributed by atoms with Crippen LogP contribution in [0.5, 0.6) is 0 Å². The zero-order valence-electron chi connectivity index (χ0n) is 6.90. The van der Waals surface area contributed by atoms with Gasteiger partial charge in [-0.1, -0.05) is 0 Å². The minimum Gasteiger partial charge on any atom is -0.368 e. The highest BCUT2D eigenvalue weighted by Gasteiger charge is 2.16. The summed E-state index contributed by atoms with van der Waals surface area (Å²) >= 11 is 0. The van der Waals surface area contributed by atoms with Crippen molar-refractivity contribution >= 4 is 5.95 Å². The smallest absolute Gasteiger partial charge is 0.222 e. The lowest BCUT2D eigenvalue weighted by Crippen LogP contribution is -2.29. The van der Waals surface area contributed by atoms with E-state index in [-0.39, 0.29) is 0 Å². The Morgan fingerprint density at radius 2 is 2.25 bits per heavy atom. The van der Waals surface area contributed by atoms with Gasteiger partial charge in [0.15, 0.2) is 0 Å². The minimum atomic E-state index is 0.487. The summed E-state index contributed by atoms with van der Waals surface area (Å²) in [4.78, 5) is 0. The third kappa shape index (κ3) is 1.27. The molecule has 1 aliphatic rings. The van der Waals surface area contributed by atoms with Crippen LogP contribution in [-0.2, 0) is 0 Å². The number of aromatic nitrogens is 3. The molecule has 0 radical (unpaired) electrons. The molecule has 0 aromatic carbocycles. The molecule has 1 aliphatic heterocycles. The summed E-state index contributed by atoms with van der Waals surface area (Å²) in [5, 5.41) is 10.8. The van der Waals surface area contributed by atoms with E-state index in [0.29, 0.717) is 12.0 Å². The molecule has 1 saturated heterocycles. The lowest BCUT2D eigenvalue weighted by Gasteiger charge is -2.23. The lowest BCUT2D eigenvalue weighted by atomic mass is 10.1. The van der Waals surface area contributed by atoms with Crippen LogP contribution in [0.3, 0.4) is 0 Å². The van der Waals surface area contributed by atoms with Crippen molar-refractivity contribution in [1.29, 1.82) is 0 Å². The molecule has 0 saturated carbocycles. The van der Waals surface area contributed by atoms with E-state index in [1.54, 1.807) is 6.33 Å². The summed E-state index contributed by atoms with van der Waals surface area (Å²) < 4.78 is 1.96. The monoisotopic (exact) mass is 167 g/mol. The third-order valence-electron chi connectivity index (χ3n) is 2.30. The normalized spacial score (nSPS) is 19.7. The molecule has 5 heteroatoms. The van der Waals surface area contributed by atoms with Crippen LogP contribution in [0.1, 0.15) is 18.9 Å². The van der Waals surface area contributed by atoms with E-state index in [1.807, 2.05) is 4.57 Å². The van der Waals surface area contributed by atoms with Gasteiger partial charge in [-0.3, -0.25) is 4.57 Å². The molecule has 3 N–H and O–H groups in total. The predicted molar refractivity (Wildman–Crippen MR) is 45.6 cm³/mol. The molecule has 0 bridgehead atoms. The molecular weight excluding hydrogens is 154 g/mol. The molecule has 0 aliphatic carbocycles. The number of hydrogen-bond acceptors (Lipinski definition) is 4. The number of nitrogens with one attached hydrogen (secondary N) is 1. The first-order valence-electron chi connectivity index (χ1n) is 4.23. The number of nitrogens with two attached hydrogens (primary N) is 1. The van der Waals surface area contributed by atoms with Gasteiger partial charge < -0.3 is 11.1 Å². The molecule has 1 fully saturated rings. The van der Waals surface area contributed by atoms with Crippen LogP contribution in [0, 0.1) is 0 Å². The summed E-state index contributed by atoms with van der Waals surface area (Å²) in [7, 11) is 0. The van der Waals surface area contributed by atoms with E-state index < -0.39 is 0 Å². The van der Waals surface area contributed by atoms with Gasteiger partial charge in [-0.25, -0.2) is 0 Å². The van der Waals surface area contributed by atoms with Crippen LogP contribution in [0.15, 0.2) is 6.33 Å². The largest absolute Gasteiger partial charge is 0.368 e. The topological polar surface area (TPSA) is 68.8 Å². The summed E-state index contributed by atoms with van der Waals surface area (Å²) in [6, 6.07) is 0.487. The van der Waals surface area contributed by atoms with Crippen LogP contribution < -0.4 is 11.1 Å². The fourth-order valence-electron chi connectivity index (χ4n) is 1.62. The van der Waals surface area contributed by atoms with Gasteiger partial charge in [-0.2, -0.15) is 0 Å². The Labute approximate surface area is 71.0 Å². The lowest BCUT2D eigenvalue weighted by molar-refractivity contribution is 0.371. The van der Waals surface area contributed by atoms with Crippen molar-refractivity contribution in [1.82, 2.24) is 20.1 Å². The molecular formula is C7H13N5. The molecule has 0 amide bonds. The molecule has 0 atom stereocenters. The number of nitrogen functional groups attached to an aromatic ring is 1. The molecule has 0 spiro atoms. The van der Waals surface area contributed by atoms with Crippen molar-refractivity contribution in [2.45, 2.75) is 18.9 Å². The molecule has 1 aromatic rings. The van der Waals surface area contributed by atoms with Crippen molar-refractivity contribution in [3.05, 3.63) is 6.33 Å². The van der Waals surface area contributed by atoms with Gasteiger partial charge in [0, 0.05) is 6.04 Å². The highest BCUT2D eigenvalue weighted by atomic mass is 15.3. The Hall–Kier alpha value is -1.10. The second kappa shape index (κ2) is 3.10. The SMILES string of the molecule is Nc1nncn1C1CCNCC1. The van der Waals surface area contributed by atoms with E-state index in [2.05, 4.69) is 15.5 Å². The zero-order valence-corrected chi connectivity index (χ0v) is 6.90. The maximum atomic E-state index is 5.64. The second-order valence-electron chi connectivity index (χ2n) is 3.08. The van der Waals surface area contributed by atoms with Gasteiger partial charge in [0.1, 0.15) is 6.33 Å². The highest BCUT2D eigenvalue weighted by molar-refractivity contribution is 5.14. The van der Waals surface area contributed by atoms with Crippen molar-refractivity contribution in [2.75, 3.05) is 18.8 Å². The van der Waals surface area contributed by atoms with Crippen molar-refractivity contribution in [3.8, 4) is 0 Å². The number of piperidine rings is 1. The Morgan fingerprint density at radius 1 is 1.50 bits per heavy atom. The van der Waals surface area contributed by atoms with Crippen LogP contribution in [0.2, 0.25) is 0 Å². The summed E-state index contributed by atoms with van der Waals surface area (Å²) in [6.45, 7) is 2.12. The van der Waals surface area contributed by atoms with Crippen molar-refractivity contribution in [3.63, 3.8) is 0 Å². The summed E-state index contributed by atoms with van der Waals surface area (Å²) in [5.41, 5.74) is 5.64.